The van der Waals surface area contributed by atoms with Crippen LogP contribution in [-0.2, 0) is 0 Å². The van der Waals surface area contributed by atoms with Gasteiger partial charge >= 0.3 is 0 Å². The third-order valence-corrected chi connectivity index (χ3v) is 9.64. The van der Waals surface area contributed by atoms with Crippen molar-refractivity contribution in [3.8, 4) is 55.6 Å². The quantitative estimate of drug-likeness (QED) is 0.171. The lowest BCUT2D eigenvalue weighted by molar-refractivity contribution is 1.58. The molecule has 0 saturated heterocycles. The fourth-order valence-electron chi connectivity index (χ4n) is 7.31. The highest BCUT2D eigenvalue weighted by atomic mass is 14.2. The predicted molar refractivity (Wildman–Crippen MR) is 206 cm³/mol. The molecule has 0 heterocycles. The van der Waals surface area contributed by atoms with E-state index in [4.69, 9.17) is 0 Å². The third kappa shape index (κ3) is 4.96. The van der Waals surface area contributed by atoms with Gasteiger partial charge in [-0.05, 0) is 106 Å². The van der Waals surface area contributed by atoms with E-state index >= 15 is 0 Å². The first kappa shape index (κ1) is 28.0. The predicted octanol–water partition coefficient (Wildman–Crippen LogP) is 13.5. The Kier molecular flexibility index (Phi) is 6.91. The molecule has 0 spiro atoms. The SMILES string of the molecule is c1ccc(-c2c3ccccc3c(-c3cccc(-c4cccc(-c5ccc(-c6ccc7ccccc7c6)cc5)c4)c3)c3ccccc23)cc1. The maximum absolute atomic E-state index is 2.36. The normalized spacial score (nSPS) is 11.3. The Labute approximate surface area is 281 Å². The topological polar surface area (TPSA) is 0 Å². The molecule has 0 aromatic heterocycles. The van der Waals surface area contributed by atoms with E-state index in [-0.39, 0.29) is 0 Å². The van der Waals surface area contributed by atoms with Gasteiger partial charge in [-0.1, -0.05) is 176 Å². The molecule has 0 bridgehead atoms. The van der Waals surface area contributed by atoms with Crippen molar-refractivity contribution in [1.82, 2.24) is 0 Å². The van der Waals surface area contributed by atoms with Crippen LogP contribution in [0.5, 0.6) is 0 Å². The minimum Gasteiger partial charge on any atom is -0.0622 e. The first-order chi connectivity index (χ1) is 23.8. The Morgan fingerprint density at radius 1 is 0.188 bits per heavy atom. The monoisotopic (exact) mass is 608 g/mol. The molecule has 9 aromatic carbocycles. The lowest BCUT2D eigenvalue weighted by atomic mass is 9.85. The maximum Gasteiger partial charge on any atom is -0.00262 e. The number of rotatable bonds is 5. The summed E-state index contributed by atoms with van der Waals surface area (Å²) in [4.78, 5) is 0. The second-order valence-electron chi connectivity index (χ2n) is 12.5. The summed E-state index contributed by atoms with van der Waals surface area (Å²) in [5, 5.41) is 7.63. The molecule has 224 valence electrons. The van der Waals surface area contributed by atoms with E-state index < -0.39 is 0 Å². The van der Waals surface area contributed by atoms with Gasteiger partial charge in [-0.2, -0.15) is 0 Å². The molecule has 0 N–H and O–H groups in total. The Bertz CT molecular complexity index is 2530. The van der Waals surface area contributed by atoms with E-state index in [0.29, 0.717) is 0 Å². The highest BCUT2D eigenvalue weighted by Gasteiger charge is 2.16. The van der Waals surface area contributed by atoms with Crippen molar-refractivity contribution in [2.75, 3.05) is 0 Å². The Balaban J connectivity index is 1.11. The van der Waals surface area contributed by atoms with Crippen LogP contribution in [0.25, 0.3) is 88.0 Å². The van der Waals surface area contributed by atoms with Crippen LogP contribution >= 0.6 is 0 Å². The van der Waals surface area contributed by atoms with Crippen molar-refractivity contribution in [2.45, 2.75) is 0 Å². The van der Waals surface area contributed by atoms with Gasteiger partial charge in [0.2, 0.25) is 0 Å². The van der Waals surface area contributed by atoms with Crippen LogP contribution in [0.4, 0.5) is 0 Å². The number of benzene rings is 9. The second-order valence-corrected chi connectivity index (χ2v) is 12.5. The van der Waals surface area contributed by atoms with Gasteiger partial charge in [0.1, 0.15) is 0 Å². The van der Waals surface area contributed by atoms with Crippen LogP contribution in [-0.4, -0.2) is 0 Å². The van der Waals surface area contributed by atoms with Crippen LogP contribution < -0.4 is 0 Å². The maximum atomic E-state index is 2.36. The van der Waals surface area contributed by atoms with Gasteiger partial charge in [0.15, 0.2) is 0 Å². The van der Waals surface area contributed by atoms with Crippen molar-refractivity contribution >= 4 is 32.3 Å². The molecule has 0 heteroatoms. The van der Waals surface area contributed by atoms with Gasteiger partial charge in [0.05, 0.1) is 0 Å². The zero-order valence-electron chi connectivity index (χ0n) is 26.5. The molecule has 9 aromatic rings. The van der Waals surface area contributed by atoms with Gasteiger partial charge in [-0.3, -0.25) is 0 Å². The Morgan fingerprint density at radius 3 is 1.15 bits per heavy atom. The fraction of sp³-hybridized carbons (Fsp3) is 0. The van der Waals surface area contributed by atoms with Crippen molar-refractivity contribution in [1.29, 1.82) is 0 Å². The molecule has 0 fully saturated rings. The molecule has 0 amide bonds. The minimum atomic E-state index is 1.21. The van der Waals surface area contributed by atoms with Gasteiger partial charge in [-0.15, -0.1) is 0 Å². The van der Waals surface area contributed by atoms with E-state index in [1.807, 2.05) is 0 Å². The van der Waals surface area contributed by atoms with E-state index in [0.717, 1.165) is 0 Å². The standard InChI is InChI=1S/C48H32/c1-2-13-36(14-3-1)47-43-20-6-8-22-45(43)48(46-23-9-7-21-44(46)47)42-19-11-18-40(32-42)39-17-10-16-38(30-39)34-24-26-35(27-25-34)41-29-28-33-12-4-5-15-37(33)31-41/h1-32H. The summed E-state index contributed by atoms with van der Waals surface area (Å²) < 4.78 is 0. The molecule has 0 saturated carbocycles. The van der Waals surface area contributed by atoms with Crippen molar-refractivity contribution in [2.24, 2.45) is 0 Å². The fourth-order valence-corrected chi connectivity index (χ4v) is 7.31. The highest BCUT2D eigenvalue weighted by molar-refractivity contribution is 6.21. The van der Waals surface area contributed by atoms with Crippen LogP contribution in [0, 0.1) is 0 Å². The first-order valence-electron chi connectivity index (χ1n) is 16.6. The molecule has 0 aliphatic carbocycles. The zero-order chi connectivity index (χ0) is 31.9. The molecule has 9 rings (SSSR count). The summed E-state index contributed by atoms with van der Waals surface area (Å²) >= 11 is 0. The Morgan fingerprint density at radius 2 is 0.562 bits per heavy atom. The van der Waals surface area contributed by atoms with Crippen LogP contribution in [0.3, 0.4) is 0 Å². The van der Waals surface area contributed by atoms with Crippen LogP contribution in [0.15, 0.2) is 194 Å². The summed E-state index contributed by atoms with van der Waals surface area (Å²) in [7, 11) is 0. The second kappa shape index (κ2) is 11.8. The van der Waals surface area contributed by atoms with Gasteiger partial charge in [0, 0.05) is 0 Å². The first-order valence-corrected chi connectivity index (χ1v) is 16.6. The molecule has 0 atom stereocenters. The highest BCUT2D eigenvalue weighted by Crippen LogP contribution is 2.44. The zero-order valence-corrected chi connectivity index (χ0v) is 26.5. The minimum absolute atomic E-state index is 1.21. The molecule has 0 nitrogen and oxygen atoms in total. The average molecular weight is 609 g/mol. The molecule has 0 unspecified atom stereocenters. The van der Waals surface area contributed by atoms with Gasteiger partial charge < -0.3 is 0 Å². The van der Waals surface area contributed by atoms with Crippen molar-refractivity contribution in [3.05, 3.63) is 194 Å². The molecular formula is C48H32. The van der Waals surface area contributed by atoms with Gasteiger partial charge in [-0.25, -0.2) is 0 Å². The van der Waals surface area contributed by atoms with E-state index in [1.165, 1.54) is 88.0 Å². The molecular weight excluding hydrogens is 577 g/mol. The molecule has 0 aliphatic heterocycles. The van der Waals surface area contributed by atoms with Crippen molar-refractivity contribution < 1.29 is 0 Å². The number of hydrogen-bond acceptors (Lipinski definition) is 0. The lowest BCUT2D eigenvalue weighted by Crippen LogP contribution is -1.91. The third-order valence-electron chi connectivity index (χ3n) is 9.64. The smallest absolute Gasteiger partial charge is 0.00262 e. The summed E-state index contributed by atoms with van der Waals surface area (Å²) in [6.07, 6.45) is 0. The lowest BCUT2D eigenvalue weighted by Gasteiger charge is -2.18. The Hall–Kier alpha value is -6.24. The average Bonchev–Trinajstić information content (AvgIpc) is 3.17. The summed E-state index contributed by atoms with van der Waals surface area (Å²) in [6.45, 7) is 0. The van der Waals surface area contributed by atoms with Crippen molar-refractivity contribution in [3.63, 3.8) is 0 Å². The number of hydrogen-bond donors (Lipinski definition) is 0. The molecule has 48 heavy (non-hydrogen) atoms. The largest absolute Gasteiger partial charge is 0.0622 e. The summed E-state index contributed by atoms with van der Waals surface area (Å²) in [5.41, 5.74) is 12.4. The van der Waals surface area contributed by atoms with Crippen LogP contribution in [0.2, 0.25) is 0 Å². The molecule has 0 aliphatic rings. The van der Waals surface area contributed by atoms with Crippen LogP contribution in [0.1, 0.15) is 0 Å². The van der Waals surface area contributed by atoms with E-state index in [2.05, 4.69) is 194 Å². The molecule has 0 radical (unpaired) electrons. The van der Waals surface area contributed by atoms with E-state index in [9.17, 15) is 0 Å². The summed E-state index contributed by atoms with van der Waals surface area (Å²) in [5.74, 6) is 0. The number of fused-ring (bicyclic) bond motifs is 3. The summed E-state index contributed by atoms with van der Waals surface area (Å²) in [6, 6.07) is 70.7. The van der Waals surface area contributed by atoms with E-state index in [1.54, 1.807) is 0 Å². The van der Waals surface area contributed by atoms with Gasteiger partial charge in [0.25, 0.3) is 0 Å².